The zero-order chi connectivity index (χ0) is 15.1. The average molecular weight is 321 g/mol. The van der Waals surface area contributed by atoms with Crippen molar-refractivity contribution in [1.82, 2.24) is 4.72 Å². The van der Waals surface area contributed by atoms with Crippen LogP contribution in [0.3, 0.4) is 0 Å². The lowest BCUT2D eigenvalue weighted by Crippen LogP contribution is -2.27. The van der Waals surface area contributed by atoms with E-state index in [0.29, 0.717) is 13.0 Å². The maximum absolute atomic E-state index is 12.0. The molecular weight excluding hydrogens is 302 g/mol. The van der Waals surface area contributed by atoms with Gasteiger partial charge in [-0.15, -0.1) is 11.8 Å². The highest BCUT2D eigenvalue weighted by atomic mass is 32.2. The minimum atomic E-state index is -3.27. The van der Waals surface area contributed by atoms with Gasteiger partial charge in [0.2, 0.25) is 10.0 Å². The molecule has 0 aliphatic heterocycles. The van der Waals surface area contributed by atoms with E-state index in [1.54, 1.807) is 11.8 Å². The minimum absolute atomic E-state index is 0.0270. The summed E-state index contributed by atoms with van der Waals surface area (Å²) < 4.78 is 26.6. The van der Waals surface area contributed by atoms with Crippen molar-refractivity contribution in [3.05, 3.63) is 65.7 Å². The van der Waals surface area contributed by atoms with Crippen LogP contribution in [0.1, 0.15) is 11.1 Å². The molecule has 0 unspecified atom stereocenters. The molecule has 21 heavy (non-hydrogen) atoms. The van der Waals surface area contributed by atoms with Crippen LogP contribution in [0.4, 0.5) is 0 Å². The molecule has 3 nitrogen and oxygen atoms in total. The van der Waals surface area contributed by atoms with Crippen LogP contribution in [0.5, 0.6) is 0 Å². The van der Waals surface area contributed by atoms with E-state index in [4.69, 9.17) is 0 Å². The topological polar surface area (TPSA) is 46.2 Å². The molecular formula is C16H19NO2S2. The number of thioether (sulfide) groups is 1. The van der Waals surface area contributed by atoms with Crippen molar-refractivity contribution in [2.45, 2.75) is 17.1 Å². The standard InChI is InChI=1S/C16H19NO2S2/c1-20-16-9-7-14(8-10-16)11-12-17-21(18,19)13-15-5-3-2-4-6-15/h2-10,17H,11-13H2,1H3. The van der Waals surface area contributed by atoms with Gasteiger partial charge in [0, 0.05) is 11.4 Å². The highest BCUT2D eigenvalue weighted by Crippen LogP contribution is 2.15. The lowest BCUT2D eigenvalue weighted by molar-refractivity contribution is 0.581. The Hall–Kier alpha value is -1.30. The largest absolute Gasteiger partial charge is 0.215 e. The van der Waals surface area contributed by atoms with Crippen molar-refractivity contribution in [2.24, 2.45) is 0 Å². The van der Waals surface area contributed by atoms with Gasteiger partial charge in [-0.25, -0.2) is 13.1 Å². The van der Waals surface area contributed by atoms with Crippen molar-refractivity contribution in [1.29, 1.82) is 0 Å². The first-order valence-corrected chi connectivity index (χ1v) is 9.61. The number of sulfonamides is 1. The van der Waals surface area contributed by atoms with E-state index in [9.17, 15) is 8.42 Å². The van der Waals surface area contributed by atoms with E-state index >= 15 is 0 Å². The molecule has 0 bridgehead atoms. The van der Waals surface area contributed by atoms with Gasteiger partial charge in [-0.05, 0) is 35.9 Å². The van der Waals surface area contributed by atoms with Gasteiger partial charge in [0.15, 0.2) is 0 Å². The van der Waals surface area contributed by atoms with Crippen molar-refractivity contribution < 1.29 is 8.42 Å². The second kappa shape index (κ2) is 7.64. The van der Waals surface area contributed by atoms with Crippen LogP contribution in [0, 0.1) is 0 Å². The molecule has 0 aliphatic rings. The molecule has 0 amide bonds. The molecule has 0 heterocycles. The van der Waals surface area contributed by atoms with Crippen LogP contribution in [0.25, 0.3) is 0 Å². The summed E-state index contributed by atoms with van der Waals surface area (Å²) in [5.41, 5.74) is 1.93. The van der Waals surface area contributed by atoms with Crippen molar-refractivity contribution in [3.63, 3.8) is 0 Å². The summed E-state index contributed by atoms with van der Waals surface area (Å²) in [6.45, 7) is 0.424. The van der Waals surface area contributed by atoms with Crippen molar-refractivity contribution >= 4 is 21.8 Å². The second-order valence-electron chi connectivity index (χ2n) is 4.74. The monoisotopic (exact) mass is 321 g/mol. The van der Waals surface area contributed by atoms with Gasteiger partial charge in [-0.2, -0.15) is 0 Å². The van der Waals surface area contributed by atoms with Gasteiger partial charge < -0.3 is 0 Å². The van der Waals surface area contributed by atoms with Crippen molar-refractivity contribution in [3.8, 4) is 0 Å². The van der Waals surface area contributed by atoms with Crippen LogP contribution in [-0.2, 0) is 22.2 Å². The summed E-state index contributed by atoms with van der Waals surface area (Å²) in [6, 6.07) is 17.4. The van der Waals surface area contributed by atoms with E-state index in [-0.39, 0.29) is 5.75 Å². The first-order chi connectivity index (χ1) is 10.1. The Morgan fingerprint density at radius 2 is 1.62 bits per heavy atom. The number of nitrogens with one attached hydrogen (secondary N) is 1. The van der Waals surface area contributed by atoms with Gasteiger partial charge in [-0.3, -0.25) is 0 Å². The molecule has 2 aromatic rings. The molecule has 0 radical (unpaired) electrons. The van der Waals surface area contributed by atoms with Crippen LogP contribution in [0.2, 0.25) is 0 Å². The number of benzene rings is 2. The predicted molar refractivity (Wildman–Crippen MR) is 89.0 cm³/mol. The number of rotatable bonds is 7. The molecule has 112 valence electrons. The maximum atomic E-state index is 12.0. The highest BCUT2D eigenvalue weighted by Gasteiger charge is 2.10. The summed E-state index contributed by atoms with van der Waals surface area (Å²) in [5, 5.41) is 0. The molecule has 5 heteroatoms. The van der Waals surface area contributed by atoms with E-state index < -0.39 is 10.0 Å². The molecule has 2 rings (SSSR count). The number of hydrogen-bond acceptors (Lipinski definition) is 3. The summed E-state index contributed by atoms with van der Waals surface area (Å²) >= 11 is 1.70. The zero-order valence-electron chi connectivity index (χ0n) is 12.0. The van der Waals surface area contributed by atoms with Crippen LogP contribution >= 0.6 is 11.8 Å². The summed E-state index contributed by atoms with van der Waals surface area (Å²) in [7, 11) is -3.27. The van der Waals surface area contributed by atoms with Gasteiger partial charge in [0.25, 0.3) is 0 Å². The summed E-state index contributed by atoms with van der Waals surface area (Å²) in [5.74, 6) is 0.0270. The van der Waals surface area contributed by atoms with Gasteiger partial charge in [0.1, 0.15) is 0 Å². The minimum Gasteiger partial charge on any atom is -0.215 e. The summed E-state index contributed by atoms with van der Waals surface area (Å²) in [4.78, 5) is 1.21. The summed E-state index contributed by atoms with van der Waals surface area (Å²) in [6.07, 6.45) is 2.73. The molecule has 0 spiro atoms. The molecule has 0 aliphatic carbocycles. The Morgan fingerprint density at radius 1 is 0.952 bits per heavy atom. The highest BCUT2D eigenvalue weighted by molar-refractivity contribution is 7.98. The third kappa shape index (κ3) is 5.53. The lowest BCUT2D eigenvalue weighted by atomic mass is 10.2. The fourth-order valence-electron chi connectivity index (χ4n) is 1.99. The lowest BCUT2D eigenvalue weighted by Gasteiger charge is -2.07. The van der Waals surface area contributed by atoms with E-state index in [0.717, 1.165) is 11.1 Å². The zero-order valence-corrected chi connectivity index (χ0v) is 13.6. The third-order valence-corrected chi connectivity index (χ3v) is 5.20. The van der Waals surface area contributed by atoms with E-state index in [1.165, 1.54) is 4.90 Å². The van der Waals surface area contributed by atoms with Gasteiger partial charge in [0.05, 0.1) is 5.75 Å². The van der Waals surface area contributed by atoms with Gasteiger partial charge in [-0.1, -0.05) is 42.5 Å². The Labute approximate surface area is 130 Å². The molecule has 2 aromatic carbocycles. The van der Waals surface area contributed by atoms with Gasteiger partial charge >= 0.3 is 0 Å². The van der Waals surface area contributed by atoms with Crippen LogP contribution < -0.4 is 4.72 Å². The smallest absolute Gasteiger partial charge is 0.215 e. The quantitative estimate of drug-likeness (QED) is 0.797. The van der Waals surface area contributed by atoms with Crippen LogP contribution in [-0.4, -0.2) is 21.2 Å². The Bertz CT molecular complexity index is 652. The van der Waals surface area contributed by atoms with E-state index in [1.807, 2.05) is 48.7 Å². The first-order valence-electron chi connectivity index (χ1n) is 6.73. The second-order valence-corrected chi connectivity index (χ2v) is 7.42. The van der Waals surface area contributed by atoms with E-state index in [2.05, 4.69) is 16.9 Å². The first kappa shape index (κ1) is 16.1. The molecule has 0 fully saturated rings. The average Bonchev–Trinajstić information content (AvgIpc) is 2.48. The fraction of sp³-hybridized carbons (Fsp3) is 0.250. The Balaban J connectivity index is 1.84. The Morgan fingerprint density at radius 3 is 2.24 bits per heavy atom. The molecule has 0 atom stereocenters. The predicted octanol–water partition coefficient (Wildman–Crippen LogP) is 3.07. The number of hydrogen-bond donors (Lipinski definition) is 1. The van der Waals surface area contributed by atoms with Crippen molar-refractivity contribution in [2.75, 3.05) is 12.8 Å². The maximum Gasteiger partial charge on any atom is 0.215 e. The fourth-order valence-corrected chi connectivity index (χ4v) is 3.54. The Kier molecular flexibility index (Phi) is 5.85. The SMILES string of the molecule is CSc1ccc(CCNS(=O)(=O)Cc2ccccc2)cc1. The molecule has 0 aromatic heterocycles. The molecule has 0 saturated carbocycles. The normalized spacial score (nSPS) is 11.5. The molecule has 1 N–H and O–H groups in total. The molecule has 0 saturated heterocycles. The van der Waals surface area contributed by atoms with Crippen LogP contribution in [0.15, 0.2) is 59.5 Å². The third-order valence-electron chi connectivity index (χ3n) is 3.09.